The van der Waals surface area contributed by atoms with E-state index in [1.165, 1.54) is 22.7 Å². The molecule has 2 aromatic carbocycles. The first kappa shape index (κ1) is 39.5. The molecule has 2 aliphatic carbocycles. The standard InChI is InChI=1S/C40H42N8O8S4/c1-59(53,54)47(37(49)23-9-10-23)43-17-15-29-33(21-43)57-35(41-29)39(51)45-19-13-27-25(5-3-7-31(27)45)26-6-4-8-32-28(26)14-20-46(32)40(52)36-42-30-16-18-44(22-34(30)58-36)48(60(2,55)56)38(50)24-11-12-24/h3-8,23-24H,9-22H2,1-2H3. The lowest BCUT2D eigenvalue weighted by molar-refractivity contribution is -0.140. The van der Waals surface area contributed by atoms with Crippen LogP contribution in [-0.2, 0) is 68.4 Å². The van der Waals surface area contributed by atoms with Crippen molar-refractivity contribution in [2.75, 3.05) is 48.5 Å². The number of thiazole rings is 2. The van der Waals surface area contributed by atoms with Crippen LogP contribution >= 0.6 is 22.7 Å². The fraction of sp³-hybridized carbons (Fsp3) is 0.450. The van der Waals surface area contributed by atoms with E-state index in [4.69, 9.17) is 9.97 Å². The number of nitrogens with zero attached hydrogens (tertiary/aromatic N) is 8. The van der Waals surface area contributed by atoms with Gasteiger partial charge in [-0.05, 0) is 72.9 Å². The van der Waals surface area contributed by atoms with Crippen molar-refractivity contribution in [2.24, 2.45) is 11.8 Å². The molecule has 20 heteroatoms. The van der Waals surface area contributed by atoms with E-state index in [0.717, 1.165) is 76.1 Å². The van der Waals surface area contributed by atoms with Crippen LogP contribution < -0.4 is 9.80 Å². The third kappa shape index (κ3) is 6.94. The number of carbonyl (C=O) groups excluding carboxylic acids is 4. The van der Waals surface area contributed by atoms with Gasteiger partial charge in [-0.1, -0.05) is 24.3 Å². The number of fused-ring (bicyclic) bond motifs is 4. The van der Waals surface area contributed by atoms with Crippen molar-refractivity contribution in [2.45, 2.75) is 64.5 Å². The van der Waals surface area contributed by atoms with Gasteiger partial charge in [0, 0.05) is 72.0 Å². The second kappa shape index (κ2) is 14.5. The summed E-state index contributed by atoms with van der Waals surface area (Å²) in [5.74, 6) is -1.79. The molecule has 2 aromatic heterocycles. The minimum Gasteiger partial charge on any atom is -0.306 e. The maximum absolute atomic E-state index is 14.1. The van der Waals surface area contributed by atoms with Gasteiger partial charge < -0.3 is 9.80 Å². The lowest BCUT2D eigenvalue weighted by Gasteiger charge is -2.34. The monoisotopic (exact) mass is 890 g/mol. The molecule has 0 N–H and O–H groups in total. The lowest BCUT2D eigenvalue weighted by Crippen LogP contribution is -2.51. The van der Waals surface area contributed by atoms with Gasteiger partial charge in [-0.15, -0.1) is 22.7 Å². The Morgan fingerprint density at radius 2 is 1.00 bits per heavy atom. The highest BCUT2D eigenvalue weighted by molar-refractivity contribution is 7.89. The van der Waals surface area contributed by atoms with E-state index in [1.54, 1.807) is 19.8 Å². The van der Waals surface area contributed by atoms with Gasteiger partial charge in [-0.2, -0.15) is 18.8 Å². The number of anilines is 2. The van der Waals surface area contributed by atoms with E-state index >= 15 is 0 Å². The van der Waals surface area contributed by atoms with E-state index < -0.39 is 31.9 Å². The Labute approximate surface area is 355 Å². The van der Waals surface area contributed by atoms with E-state index in [9.17, 15) is 36.0 Å². The summed E-state index contributed by atoms with van der Waals surface area (Å²) in [4.78, 5) is 68.7. The Kier molecular flexibility index (Phi) is 9.56. The highest BCUT2D eigenvalue weighted by Crippen LogP contribution is 2.44. The zero-order valence-electron chi connectivity index (χ0n) is 33.0. The fourth-order valence-corrected chi connectivity index (χ4v) is 13.1. The highest BCUT2D eigenvalue weighted by atomic mass is 32.2. The van der Waals surface area contributed by atoms with Crippen LogP contribution in [0.25, 0.3) is 11.1 Å². The molecule has 0 radical (unpaired) electrons. The smallest absolute Gasteiger partial charge is 0.287 e. The predicted molar refractivity (Wildman–Crippen MR) is 224 cm³/mol. The Morgan fingerprint density at radius 3 is 1.37 bits per heavy atom. The van der Waals surface area contributed by atoms with Gasteiger partial charge in [0.15, 0.2) is 10.0 Å². The molecule has 4 aliphatic heterocycles. The molecule has 0 spiro atoms. The van der Waals surface area contributed by atoms with E-state index in [2.05, 4.69) is 12.1 Å². The molecule has 2 fully saturated rings. The fourth-order valence-electron chi connectivity index (χ4n) is 8.88. The molecule has 2 saturated carbocycles. The summed E-state index contributed by atoms with van der Waals surface area (Å²) >= 11 is 2.49. The van der Waals surface area contributed by atoms with Crippen molar-refractivity contribution in [3.63, 3.8) is 0 Å². The maximum atomic E-state index is 14.1. The second-order valence-corrected chi connectivity index (χ2v) is 22.1. The normalized spacial score (nSPS) is 19.1. The first-order valence-corrected chi connectivity index (χ1v) is 25.4. The summed E-state index contributed by atoms with van der Waals surface area (Å²) < 4.78 is 52.6. The van der Waals surface area contributed by atoms with Crippen LogP contribution in [0.15, 0.2) is 36.4 Å². The number of aromatic nitrogens is 2. The lowest BCUT2D eigenvalue weighted by atomic mass is 9.93. The number of rotatable bonds is 9. The van der Waals surface area contributed by atoms with Crippen molar-refractivity contribution in [3.8, 4) is 11.1 Å². The number of hydrazine groups is 2. The molecule has 0 atom stereocenters. The Bertz CT molecular complexity index is 2560. The van der Waals surface area contributed by atoms with Crippen LogP contribution in [0.3, 0.4) is 0 Å². The molecule has 6 heterocycles. The van der Waals surface area contributed by atoms with E-state index in [0.29, 0.717) is 87.6 Å². The Hall–Kier alpha value is -4.60. The molecule has 314 valence electrons. The zero-order valence-corrected chi connectivity index (χ0v) is 36.3. The summed E-state index contributed by atoms with van der Waals surface area (Å²) in [6.45, 7) is 1.89. The van der Waals surface area contributed by atoms with Gasteiger partial charge in [0.1, 0.15) is 0 Å². The molecule has 4 amide bonds. The maximum Gasteiger partial charge on any atom is 0.287 e. The molecular weight excluding hydrogens is 849 g/mol. The minimum atomic E-state index is -3.82. The molecular formula is C40H42N8O8S4. The largest absolute Gasteiger partial charge is 0.306 e. The van der Waals surface area contributed by atoms with Crippen molar-refractivity contribution >= 4 is 77.7 Å². The quantitative estimate of drug-likeness (QED) is 0.239. The summed E-state index contributed by atoms with van der Waals surface area (Å²) in [5.41, 5.74) is 7.12. The van der Waals surface area contributed by atoms with Crippen LogP contribution in [0.4, 0.5) is 11.4 Å². The van der Waals surface area contributed by atoms with Gasteiger partial charge in [0.05, 0.1) is 37.0 Å². The molecule has 0 unspecified atom stereocenters. The summed E-state index contributed by atoms with van der Waals surface area (Å²) in [6.07, 6.45) is 6.92. The topological polar surface area (TPSA) is 182 Å². The summed E-state index contributed by atoms with van der Waals surface area (Å²) in [5, 5.41) is 3.77. The predicted octanol–water partition coefficient (Wildman–Crippen LogP) is 3.62. The minimum absolute atomic E-state index is 0.182. The number of benzene rings is 2. The van der Waals surface area contributed by atoms with Crippen molar-refractivity contribution in [1.29, 1.82) is 0 Å². The number of carbonyl (C=O) groups is 4. The Morgan fingerprint density at radius 1 is 0.600 bits per heavy atom. The number of hydrogen-bond acceptors (Lipinski definition) is 14. The van der Waals surface area contributed by atoms with Gasteiger partial charge in [-0.25, -0.2) is 26.8 Å². The molecule has 10 rings (SSSR count). The van der Waals surface area contributed by atoms with Crippen LogP contribution in [0.5, 0.6) is 0 Å². The van der Waals surface area contributed by atoms with Gasteiger partial charge >= 0.3 is 0 Å². The molecule has 0 bridgehead atoms. The first-order chi connectivity index (χ1) is 28.7. The molecule has 4 aromatic rings. The number of hydrogen-bond donors (Lipinski definition) is 0. The average Bonchev–Trinajstić information content (AvgIpc) is 4.05. The Balaban J connectivity index is 0.868. The summed E-state index contributed by atoms with van der Waals surface area (Å²) in [7, 11) is -7.64. The number of sulfonamides is 2. The third-order valence-corrected chi connectivity index (χ3v) is 16.2. The van der Waals surface area contributed by atoms with Crippen LogP contribution in [0.1, 0.15) is 77.6 Å². The summed E-state index contributed by atoms with van der Waals surface area (Å²) in [6, 6.07) is 11.8. The van der Waals surface area contributed by atoms with Crippen LogP contribution in [-0.4, -0.2) is 108 Å². The van der Waals surface area contributed by atoms with Crippen molar-refractivity contribution < 1.29 is 36.0 Å². The first-order valence-electron chi connectivity index (χ1n) is 20.1. The number of amides is 4. The molecule has 0 saturated heterocycles. The highest BCUT2D eigenvalue weighted by Gasteiger charge is 2.44. The van der Waals surface area contributed by atoms with E-state index in [1.807, 2.05) is 24.3 Å². The van der Waals surface area contributed by atoms with Gasteiger partial charge in [0.2, 0.25) is 20.0 Å². The van der Waals surface area contributed by atoms with Gasteiger partial charge in [0.25, 0.3) is 23.6 Å². The SMILES string of the molecule is CS(=O)(=O)N(C(=O)C1CC1)N1CCc2nc(C(=O)N3CCc4c(-c5cccc6c5CCN6C(=O)c5nc6c(s5)CN(N(C(=O)C5CC5)S(C)(=O)=O)CC6)cccc43)sc2C1. The molecule has 6 aliphatic rings. The second-order valence-electron chi connectivity index (χ2n) is 16.3. The van der Waals surface area contributed by atoms with Crippen LogP contribution in [0.2, 0.25) is 0 Å². The molecule has 16 nitrogen and oxygen atoms in total. The van der Waals surface area contributed by atoms with Crippen molar-refractivity contribution in [1.82, 2.24) is 28.8 Å². The van der Waals surface area contributed by atoms with Crippen LogP contribution in [0, 0.1) is 11.8 Å². The van der Waals surface area contributed by atoms with E-state index in [-0.39, 0.29) is 36.7 Å². The van der Waals surface area contributed by atoms with Gasteiger partial charge in [-0.3, -0.25) is 19.2 Å². The average molecular weight is 891 g/mol. The molecule has 60 heavy (non-hydrogen) atoms. The van der Waals surface area contributed by atoms with Crippen molar-refractivity contribution in [3.05, 3.63) is 78.7 Å². The zero-order chi connectivity index (χ0) is 41.8. The third-order valence-electron chi connectivity index (χ3n) is 12.0.